The average molecular weight is 707 g/mol. The van der Waals surface area contributed by atoms with Crippen molar-refractivity contribution < 1.29 is 14.4 Å². The van der Waals surface area contributed by atoms with Crippen molar-refractivity contribution in [2.24, 2.45) is 0 Å². The second-order valence-electron chi connectivity index (χ2n) is 13.3. The Morgan fingerprint density at radius 3 is 2.34 bits per heavy atom. The summed E-state index contributed by atoms with van der Waals surface area (Å²) in [6.07, 6.45) is 9.20. The normalized spacial score (nSPS) is 19.4. The van der Waals surface area contributed by atoms with Gasteiger partial charge in [0.15, 0.2) is 0 Å². The molecule has 0 bridgehead atoms. The van der Waals surface area contributed by atoms with Gasteiger partial charge in [-0.1, -0.05) is 35.3 Å². The number of benzene rings is 2. The molecule has 8 rings (SSSR count). The Bertz CT molecular complexity index is 2210. The minimum Gasteiger partial charge on any atom is -0.343 e. The van der Waals surface area contributed by atoms with Gasteiger partial charge in [-0.3, -0.25) is 29.0 Å². The number of fused-ring (bicyclic) bond motifs is 1. The largest absolute Gasteiger partial charge is 0.343 e. The summed E-state index contributed by atoms with van der Waals surface area (Å²) in [6, 6.07) is 17.6. The van der Waals surface area contributed by atoms with E-state index in [9.17, 15) is 19.6 Å². The third-order valence-electron chi connectivity index (χ3n) is 9.79. The molecule has 4 heterocycles. The Morgan fingerprint density at radius 2 is 1.70 bits per heavy atom. The van der Waals surface area contributed by atoms with Crippen molar-refractivity contribution in [3.8, 4) is 17.2 Å². The zero-order valence-corrected chi connectivity index (χ0v) is 28.2. The number of H-pyrrole nitrogens is 1. The van der Waals surface area contributed by atoms with Crippen LogP contribution in [0, 0.1) is 11.3 Å². The molecule has 3 N–H and O–H groups in total. The lowest BCUT2D eigenvalue weighted by Crippen LogP contribution is -2.52. The number of nitriles is 1. The number of amides is 3. The monoisotopic (exact) mass is 705 g/mol. The third-order valence-corrected chi connectivity index (χ3v) is 10.2. The lowest BCUT2D eigenvalue weighted by molar-refractivity contribution is -0.125. The van der Waals surface area contributed by atoms with Gasteiger partial charge in [-0.25, -0.2) is 9.88 Å². The number of carbonyl (C=O) groups excluding carboxylic acids is 3. The topological polar surface area (TPSA) is 162 Å². The molecule has 2 aromatic carbocycles. The highest BCUT2D eigenvalue weighted by Gasteiger charge is 2.57. The second kappa shape index (κ2) is 11.5. The van der Waals surface area contributed by atoms with E-state index in [1.54, 1.807) is 72.5 Å². The number of imidazole rings is 1. The van der Waals surface area contributed by atoms with Crippen molar-refractivity contribution in [1.82, 2.24) is 35.4 Å². The van der Waals surface area contributed by atoms with E-state index in [0.29, 0.717) is 34.1 Å². The van der Waals surface area contributed by atoms with Crippen molar-refractivity contribution >= 4 is 52.6 Å². The van der Waals surface area contributed by atoms with E-state index in [2.05, 4.69) is 36.9 Å². The Balaban J connectivity index is 1.09. The van der Waals surface area contributed by atoms with Crippen LogP contribution < -0.4 is 15.5 Å². The molecular formula is C36H29Cl2N9O3. The maximum atomic E-state index is 14.4. The standard InChI is InChI=1S/C36H29Cl2N9O3/c1-34(16-21-2-4-22(17-39)5-3-21)32(50)46(27-14-25(37)13-26(38)15-27)33-41-20-28(47(33)34)30(48)44-36(9-10-36)31(49)45-35(7-8-35)29-12-23(6-11-40-29)24-18-42-43-19-24/h2-6,11-15,18-20H,7-10,16H2,1H3,(H,42,43)(H,44,48)(H,45,49)/t34-/m1/s1. The molecular weight excluding hydrogens is 677 g/mol. The molecule has 2 saturated carbocycles. The van der Waals surface area contributed by atoms with Crippen LogP contribution in [0.3, 0.4) is 0 Å². The quantitative estimate of drug-likeness (QED) is 0.181. The first-order valence-corrected chi connectivity index (χ1v) is 16.8. The van der Waals surface area contributed by atoms with Crippen LogP contribution in [0.4, 0.5) is 11.6 Å². The molecule has 5 aromatic rings. The highest BCUT2D eigenvalue weighted by Crippen LogP contribution is 2.48. The van der Waals surface area contributed by atoms with E-state index in [1.807, 2.05) is 12.1 Å². The molecule has 0 spiro atoms. The summed E-state index contributed by atoms with van der Waals surface area (Å²) < 4.78 is 1.61. The number of halogens is 2. The van der Waals surface area contributed by atoms with Crippen molar-refractivity contribution in [3.63, 3.8) is 0 Å². The molecule has 250 valence electrons. The molecule has 50 heavy (non-hydrogen) atoms. The average Bonchev–Trinajstić information content (AvgIpc) is 3.90. The van der Waals surface area contributed by atoms with Crippen LogP contribution in [0.25, 0.3) is 11.1 Å². The number of aromatic nitrogens is 5. The van der Waals surface area contributed by atoms with Crippen LogP contribution in [0.2, 0.25) is 10.0 Å². The van der Waals surface area contributed by atoms with E-state index < -0.39 is 22.5 Å². The van der Waals surface area contributed by atoms with Crippen LogP contribution in [0.15, 0.2) is 79.4 Å². The number of anilines is 2. The van der Waals surface area contributed by atoms with Gasteiger partial charge in [-0.05, 0) is 86.2 Å². The zero-order valence-electron chi connectivity index (χ0n) is 26.7. The Kier molecular flexibility index (Phi) is 7.32. The van der Waals surface area contributed by atoms with E-state index in [-0.39, 0.29) is 29.9 Å². The molecule has 14 heteroatoms. The molecule has 1 atom stereocenters. The van der Waals surface area contributed by atoms with Gasteiger partial charge in [0.1, 0.15) is 16.8 Å². The second-order valence-corrected chi connectivity index (χ2v) is 14.2. The number of nitrogens with zero attached hydrogens (tertiary/aromatic N) is 6. The maximum absolute atomic E-state index is 14.4. The molecule has 3 aromatic heterocycles. The van der Waals surface area contributed by atoms with Crippen LogP contribution in [0.5, 0.6) is 0 Å². The minimum absolute atomic E-state index is 0.120. The summed E-state index contributed by atoms with van der Waals surface area (Å²) in [6.45, 7) is 1.74. The number of nitrogens with one attached hydrogen (secondary N) is 3. The predicted molar refractivity (Wildman–Crippen MR) is 185 cm³/mol. The predicted octanol–water partition coefficient (Wildman–Crippen LogP) is 5.55. The highest BCUT2D eigenvalue weighted by atomic mass is 35.5. The fourth-order valence-electron chi connectivity index (χ4n) is 6.73. The molecule has 0 radical (unpaired) electrons. The number of rotatable bonds is 9. The molecule has 12 nitrogen and oxygen atoms in total. The summed E-state index contributed by atoms with van der Waals surface area (Å²) in [5.74, 6) is -0.959. The Labute approximate surface area is 296 Å². The first-order valence-electron chi connectivity index (χ1n) is 16.0. The van der Waals surface area contributed by atoms with Crippen LogP contribution in [-0.4, -0.2) is 48.0 Å². The molecule has 1 aliphatic heterocycles. The SMILES string of the molecule is C[C@@]1(Cc2ccc(C#N)cc2)C(=O)N(c2cc(Cl)cc(Cl)c2)c2ncc(C(=O)NC3(C(=O)NC4(c5cc(-c6cn[nH]c6)ccn5)CC4)CC3)n21. The van der Waals surface area contributed by atoms with Gasteiger partial charge in [0.25, 0.3) is 11.8 Å². The number of hydrogen-bond acceptors (Lipinski definition) is 7. The van der Waals surface area contributed by atoms with Crippen LogP contribution in [-0.2, 0) is 27.1 Å². The van der Waals surface area contributed by atoms with E-state index in [4.69, 9.17) is 23.2 Å². The van der Waals surface area contributed by atoms with Gasteiger partial charge in [-0.15, -0.1) is 0 Å². The fraction of sp³-hybridized carbons (Fsp3) is 0.250. The Morgan fingerprint density at radius 1 is 0.960 bits per heavy atom. The first-order chi connectivity index (χ1) is 24.0. The summed E-state index contributed by atoms with van der Waals surface area (Å²) in [4.78, 5) is 53.0. The highest BCUT2D eigenvalue weighted by molar-refractivity contribution is 6.35. The summed E-state index contributed by atoms with van der Waals surface area (Å²) >= 11 is 12.7. The lowest BCUT2D eigenvalue weighted by Gasteiger charge is -2.27. The minimum atomic E-state index is -1.32. The number of carbonyl (C=O) groups is 3. The molecule has 2 fully saturated rings. The van der Waals surface area contributed by atoms with Crippen molar-refractivity contribution in [2.75, 3.05) is 4.90 Å². The van der Waals surface area contributed by atoms with Crippen molar-refractivity contribution in [1.29, 1.82) is 5.26 Å². The van der Waals surface area contributed by atoms with Crippen molar-refractivity contribution in [3.05, 3.63) is 112 Å². The first kappa shape index (κ1) is 31.7. The summed E-state index contributed by atoms with van der Waals surface area (Å²) in [5, 5.41) is 23.0. The molecule has 3 amide bonds. The zero-order chi connectivity index (χ0) is 34.8. The van der Waals surface area contributed by atoms with Gasteiger partial charge in [0.2, 0.25) is 11.9 Å². The van der Waals surface area contributed by atoms with Gasteiger partial charge in [0.05, 0.1) is 40.9 Å². The van der Waals surface area contributed by atoms with Gasteiger partial charge < -0.3 is 10.6 Å². The van der Waals surface area contributed by atoms with E-state index in [0.717, 1.165) is 35.2 Å². The number of hydrogen-bond donors (Lipinski definition) is 3. The molecule has 2 aliphatic carbocycles. The van der Waals surface area contributed by atoms with Gasteiger partial charge in [0, 0.05) is 34.4 Å². The summed E-state index contributed by atoms with van der Waals surface area (Å²) in [7, 11) is 0. The van der Waals surface area contributed by atoms with E-state index in [1.165, 1.54) is 11.1 Å². The lowest BCUT2D eigenvalue weighted by atomic mass is 9.91. The third kappa shape index (κ3) is 5.30. The smallest absolute Gasteiger partial charge is 0.270 e. The summed E-state index contributed by atoms with van der Waals surface area (Å²) in [5.41, 5.74) is 1.31. The number of aromatic amines is 1. The molecule has 0 unspecified atom stereocenters. The molecule has 0 saturated heterocycles. The van der Waals surface area contributed by atoms with Crippen molar-refractivity contribution in [2.45, 2.75) is 55.6 Å². The number of pyridine rings is 1. The van der Waals surface area contributed by atoms with Crippen LogP contribution in [0.1, 0.15) is 59.9 Å². The Hall–Kier alpha value is -5.51. The van der Waals surface area contributed by atoms with E-state index >= 15 is 0 Å². The maximum Gasteiger partial charge on any atom is 0.270 e. The van der Waals surface area contributed by atoms with Gasteiger partial charge >= 0.3 is 0 Å². The van der Waals surface area contributed by atoms with Gasteiger partial charge in [-0.2, -0.15) is 10.4 Å². The molecule has 3 aliphatic rings. The fourth-order valence-corrected chi connectivity index (χ4v) is 7.24. The van der Waals surface area contributed by atoms with Crippen LogP contribution >= 0.6 is 23.2 Å².